The minimum Gasteiger partial charge on any atom is -0.359 e. The Hall–Kier alpha value is -0.730. The van der Waals surface area contributed by atoms with Crippen LogP contribution in [0.1, 0.15) is 20.8 Å². The van der Waals surface area contributed by atoms with Gasteiger partial charge in [0.05, 0.1) is 0 Å². The molecule has 0 aliphatic heterocycles. The molecule has 0 atom stereocenters. The fourth-order valence-electron chi connectivity index (χ4n) is 0.585. The normalized spacial score (nSPS) is 13.1. The maximum absolute atomic E-state index is 3.99. The zero-order chi connectivity index (χ0) is 8.20. The smallest absolute Gasteiger partial charge is 0.191 e. The van der Waals surface area contributed by atoms with Crippen molar-refractivity contribution >= 4 is 5.96 Å². The summed E-state index contributed by atoms with van der Waals surface area (Å²) in [5.74, 6) is 0.826. The minimum atomic E-state index is 0.0812. The Morgan fingerprint density at radius 1 is 1.30 bits per heavy atom. The topological polar surface area (TPSA) is 36.4 Å². The summed E-state index contributed by atoms with van der Waals surface area (Å²) in [6, 6.07) is 0. The Morgan fingerprint density at radius 3 is 1.90 bits per heavy atom. The third-order valence-electron chi connectivity index (χ3n) is 0.954. The molecule has 0 fully saturated rings. The highest BCUT2D eigenvalue weighted by molar-refractivity contribution is 5.79. The first-order valence-electron chi connectivity index (χ1n) is 3.42. The Morgan fingerprint density at radius 2 is 1.80 bits per heavy atom. The van der Waals surface area contributed by atoms with Gasteiger partial charge in [-0.2, -0.15) is 0 Å². The van der Waals surface area contributed by atoms with Gasteiger partial charge in [-0.25, -0.2) is 0 Å². The van der Waals surface area contributed by atoms with Gasteiger partial charge in [0.25, 0.3) is 0 Å². The van der Waals surface area contributed by atoms with Gasteiger partial charge in [-0.05, 0) is 20.8 Å². The summed E-state index contributed by atoms with van der Waals surface area (Å²) in [4.78, 5) is 3.99. The molecule has 60 valence electrons. The molecule has 0 rings (SSSR count). The van der Waals surface area contributed by atoms with E-state index in [2.05, 4.69) is 36.4 Å². The van der Waals surface area contributed by atoms with Crippen molar-refractivity contribution in [3.05, 3.63) is 0 Å². The van der Waals surface area contributed by atoms with Gasteiger partial charge < -0.3 is 10.6 Å². The second kappa shape index (κ2) is 3.44. The Kier molecular flexibility index (Phi) is 3.19. The zero-order valence-electron chi connectivity index (χ0n) is 7.45. The van der Waals surface area contributed by atoms with Gasteiger partial charge in [0.2, 0.25) is 0 Å². The van der Waals surface area contributed by atoms with Crippen LogP contribution in [-0.4, -0.2) is 25.6 Å². The molecule has 0 aliphatic carbocycles. The molecule has 10 heavy (non-hydrogen) atoms. The standard InChI is InChI=1S/C7H17N3/c1-7(2,3)10-6(8-4)9-5/h1-5H3,(H2,8,9,10). The van der Waals surface area contributed by atoms with Crippen LogP contribution in [0.25, 0.3) is 0 Å². The largest absolute Gasteiger partial charge is 0.359 e. The maximum Gasteiger partial charge on any atom is 0.191 e. The first kappa shape index (κ1) is 9.27. The van der Waals surface area contributed by atoms with E-state index in [9.17, 15) is 0 Å². The van der Waals surface area contributed by atoms with E-state index in [0.717, 1.165) is 5.96 Å². The van der Waals surface area contributed by atoms with Crippen molar-refractivity contribution in [2.24, 2.45) is 4.99 Å². The van der Waals surface area contributed by atoms with Crippen molar-refractivity contribution in [3.8, 4) is 0 Å². The molecule has 3 heteroatoms. The van der Waals surface area contributed by atoms with E-state index in [1.807, 2.05) is 7.05 Å². The van der Waals surface area contributed by atoms with Crippen molar-refractivity contribution in [1.82, 2.24) is 10.6 Å². The van der Waals surface area contributed by atoms with Gasteiger partial charge in [0, 0.05) is 19.6 Å². The van der Waals surface area contributed by atoms with Crippen LogP contribution < -0.4 is 10.6 Å². The van der Waals surface area contributed by atoms with E-state index >= 15 is 0 Å². The summed E-state index contributed by atoms with van der Waals surface area (Å²) in [7, 11) is 3.60. The van der Waals surface area contributed by atoms with Crippen LogP contribution in [0.5, 0.6) is 0 Å². The van der Waals surface area contributed by atoms with Gasteiger partial charge in [-0.15, -0.1) is 0 Å². The van der Waals surface area contributed by atoms with Crippen LogP contribution in [0, 0.1) is 0 Å². The lowest BCUT2D eigenvalue weighted by molar-refractivity contribution is 0.504. The monoisotopic (exact) mass is 143 g/mol. The SMILES string of the molecule is C/N=C(/NC)NC(C)(C)C. The molecule has 0 bridgehead atoms. The number of aliphatic imine (C=N–C) groups is 1. The van der Waals surface area contributed by atoms with E-state index < -0.39 is 0 Å². The van der Waals surface area contributed by atoms with Crippen molar-refractivity contribution in [2.45, 2.75) is 26.3 Å². The fraction of sp³-hybridized carbons (Fsp3) is 0.857. The second-order valence-electron chi connectivity index (χ2n) is 3.20. The van der Waals surface area contributed by atoms with Gasteiger partial charge in [-0.1, -0.05) is 0 Å². The first-order chi connectivity index (χ1) is 4.49. The molecule has 0 aromatic carbocycles. The third-order valence-corrected chi connectivity index (χ3v) is 0.954. The molecule has 0 spiro atoms. The summed E-state index contributed by atoms with van der Waals surface area (Å²) in [5, 5.41) is 6.14. The molecule has 2 N–H and O–H groups in total. The Balaban J connectivity index is 3.88. The molecule has 0 saturated heterocycles. The lowest BCUT2D eigenvalue weighted by Gasteiger charge is -2.22. The number of nitrogens with one attached hydrogen (secondary N) is 2. The summed E-state index contributed by atoms with van der Waals surface area (Å²) in [6.45, 7) is 6.28. The van der Waals surface area contributed by atoms with Gasteiger partial charge in [0.15, 0.2) is 5.96 Å². The summed E-state index contributed by atoms with van der Waals surface area (Å²) in [6.07, 6.45) is 0. The summed E-state index contributed by atoms with van der Waals surface area (Å²) < 4.78 is 0. The van der Waals surface area contributed by atoms with Gasteiger partial charge in [-0.3, -0.25) is 4.99 Å². The van der Waals surface area contributed by atoms with E-state index in [1.165, 1.54) is 0 Å². The predicted octanol–water partition coefficient (Wildman–Crippen LogP) is 0.580. The van der Waals surface area contributed by atoms with Crippen molar-refractivity contribution in [2.75, 3.05) is 14.1 Å². The van der Waals surface area contributed by atoms with Gasteiger partial charge >= 0.3 is 0 Å². The average molecular weight is 143 g/mol. The Labute approximate surface area is 62.9 Å². The minimum absolute atomic E-state index is 0.0812. The highest BCUT2D eigenvalue weighted by Crippen LogP contribution is 1.96. The van der Waals surface area contributed by atoms with Crippen molar-refractivity contribution in [1.29, 1.82) is 0 Å². The molecule has 0 aromatic heterocycles. The molecule has 0 unspecified atom stereocenters. The summed E-state index contributed by atoms with van der Waals surface area (Å²) >= 11 is 0. The number of hydrogen-bond acceptors (Lipinski definition) is 1. The second-order valence-corrected chi connectivity index (χ2v) is 3.20. The quantitative estimate of drug-likeness (QED) is 0.384. The lowest BCUT2D eigenvalue weighted by atomic mass is 10.1. The third kappa shape index (κ3) is 4.18. The van der Waals surface area contributed by atoms with E-state index in [1.54, 1.807) is 7.05 Å². The van der Waals surface area contributed by atoms with Crippen LogP contribution in [0.4, 0.5) is 0 Å². The van der Waals surface area contributed by atoms with Gasteiger partial charge in [0.1, 0.15) is 0 Å². The molecule has 0 saturated carbocycles. The van der Waals surface area contributed by atoms with E-state index in [-0.39, 0.29) is 5.54 Å². The summed E-state index contributed by atoms with van der Waals surface area (Å²) in [5.41, 5.74) is 0.0812. The molecule has 0 amide bonds. The first-order valence-corrected chi connectivity index (χ1v) is 3.42. The lowest BCUT2D eigenvalue weighted by Crippen LogP contribution is -2.46. The van der Waals surface area contributed by atoms with Crippen LogP contribution in [0.3, 0.4) is 0 Å². The number of nitrogens with zero attached hydrogens (tertiary/aromatic N) is 1. The van der Waals surface area contributed by atoms with Crippen LogP contribution in [0.15, 0.2) is 4.99 Å². The van der Waals surface area contributed by atoms with E-state index in [4.69, 9.17) is 0 Å². The number of guanidine groups is 1. The van der Waals surface area contributed by atoms with Crippen molar-refractivity contribution in [3.63, 3.8) is 0 Å². The zero-order valence-corrected chi connectivity index (χ0v) is 7.45. The predicted molar refractivity (Wildman–Crippen MR) is 45.3 cm³/mol. The van der Waals surface area contributed by atoms with Crippen LogP contribution in [0.2, 0.25) is 0 Å². The molecule has 0 heterocycles. The van der Waals surface area contributed by atoms with E-state index in [0.29, 0.717) is 0 Å². The number of hydrogen-bond donors (Lipinski definition) is 2. The Bertz CT molecular complexity index is 121. The molecule has 0 aliphatic rings. The van der Waals surface area contributed by atoms with Crippen LogP contribution in [-0.2, 0) is 0 Å². The maximum atomic E-state index is 3.99. The molecular weight excluding hydrogens is 126 g/mol. The van der Waals surface area contributed by atoms with Crippen LogP contribution >= 0.6 is 0 Å². The average Bonchev–Trinajstić information content (AvgIpc) is 1.81. The molecule has 0 radical (unpaired) electrons. The number of rotatable bonds is 0. The molecular formula is C7H17N3. The fourth-order valence-corrected chi connectivity index (χ4v) is 0.585. The molecule has 3 nitrogen and oxygen atoms in total. The highest BCUT2D eigenvalue weighted by atomic mass is 15.2. The highest BCUT2D eigenvalue weighted by Gasteiger charge is 2.09. The van der Waals surface area contributed by atoms with Crippen molar-refractivity contribution < 1.29 is 0 Å². The molecule has 0 aromatic rings.